The van der Waals surface area contributed by atoms with Crippen LogP contribution in [0.3, 0.4) is 0 Å². The van der Waals surface area contributed by atoms with Crippen LogP contribution < -0.4 is 0 Å². The largest absolute Gasteiger partial charge is 0.228 e. The van der Waals surface area contributed by atoms with Gasteiger partial charge < -0.3 is 0 Å². The molecule has 0 spiro atoms. The van der Waals surface area contributed by atoms with E-state index in [-0.39, 0.29) is 5.82 Å². The van der Waals surface area contributed by atoms with Crippen LogP contribution >= 0.6 is 23.4 Å². The zero-order chi connectivity index (χ0) is 13.1. The lowest BCUT2D eigenvalue weighted by molar-refractivity contribution is 0.627. The van der Waals surface area contributed by atoms with Gasteiger partial charge >= 0.3 is 0 Å². The van der Waals surface area contributed by atoms with Crippen molar-refractivity contribution in [2.24, 2.45) is 0 Å². The lowest BCUT2D eigenvalue weighted by Gasteiger charge is -2.05. The van der Waals surface area contributed by atoms with Gasteiger partial charge in [0.2, 0.25) is 0 Å². The van der Waals surface area contributed by atoms with Crippen molar-refractivity contribution in [1.29, 1.82) is 0 Å². The summed E-state index contributed by atoms with van der Waals surface area (Å²) < 4.78 is 12.9. The molecule has 1 aromatic carbocycles. The van der Waals surface area contributed by atoms with Gasteiger partial charge in [-0.1, -0.05) is 29.4 Å². The van der Waals surface area contributed by atoms with Crippen LogP contribution in [0, 0.1) is 19.7 Å². The molecule has 0 unspecified atom stereocenters. The summed E-state index contributed by atoms with van der Waals surface area (Å²) in [4.78, 5) is 8.66. The number of hydrogen-bond donors (Lipinski definition) is 0. The fourth-order valence-corrected chi connectivity index (χ4v) is 2.81. The molecule has 0 aliphatic heterocycles. The summed E-state index contributed by atoms with van der Waals surface area (Å²) in [7, 11) is 0. The summed E-state index contributed by atoms with van der Waals surface area (Å²) in [6.07, 6.45) is 0. The van der Waals surface area contributed by atoms with Crippen LogP contribution in [0.2, 0.25) is 5.02 Å². The Morgan fingerprint density at radius 2 is 1.83 bits per heavy atom. The van der Waals surface area contributed by atoms with E-state index in [0.29, 0.717) is 15.9 Å². The molecule has 94 valence electrons. The average Bonchev–Trinajstić information content (AvgIpc) is 2.26. The second kappa shape index (κ2) is 5.67. The molecule has 0 amide bonds. The van der Waals surface area contributed by atoms with Gasteiger partial charge in [-0.15, -0.1) is 0 Å². The summed E-state index contributed by atoms with van der Waals surface area (Å²) in [5.41, 5.74) is 2.76. The van der Waals surface area contributed by atoms with Crippen molar-refractivity contribution < 1.29 is 4.39 Å². The van der Waals surface area contributed by atoms with E-state index < -0.39 is 0 Å². The molecule has 0 radical (unpaired) electrons. The number of halogens is 2. The number of benzene rings is 1. The normalized spacial score (nSPS) is 10.7. The van der Waals surface area contributed by atoms with Crippen molar-refractivity contribution in [1.82, 2.24) is 9.97 Å². The molecule has 18 heavy (non-hydrogen) atoms. The Kier molecular flexibility index (Phi) is 4.19. The smallest absolute Gasteiger partial charge is 0.188 e. The molecule has 1 heterocycles. The van der Waals surface area contributed by atoms with E-state index >= 15 is 0 Å². The first kappa shape index (κ1) is 13.3. The van der Waals surface area contributed by atoms with Crippen LogP contribution in [-0.4, -0.2) is 9.97 Å². The maximum atomic E-state index is 12.9. The first-order valence-electron chi connectivity index (χ1n) is 5.43. The first-order chi connectivity index (χ1) is 8.54. The Hall–Kier alpha value is -1.13. The predicted octanol–water partition coefficient (Wildman–Crippen LogP) is 4.18. The molecule has 2 aromatic rings. The summed E-state index contributed by atoms with van der Waals surface area (Å²) in [5, 5.41) is 1.15. The zero-order valence-corrected chi connectivity index (χ0v) is 11.6. The lowest BCUT2D eigenvalue weighted by Crippen LogP contribution is -1.93. The highest BCUT2D eigenvalue weighted by Crippen LogP contribution is 2.25. The van der Waals surface area contributed by atoms with Crippen molar-refractivity contribution in [2.75, 3.05) is 0 Å². The van der Waals surface area contributed by atoms with E-state index in [9.17, 15) is 4.39 Å². The highest BCUT2D eigenvalue weighted by atomic mass is 35.5. The number of aromatic nitrogens is 2. The third kappa shape index (κ3) is 3.43. The molecule has 0 N–H and O–H groups in total. The fraction of sp³-hybridized carbons (Fsp3) is 0.231. The fourth-order valence-electron chi connectivity index (χ4n) is 1.54. The van der Waals surface area contributed by atoms with Crippen LogP contribution in [0.25, 0.3) is 0 Å². The quantitative estimate of drug-likeness (QED) is 0.624. The molecular weight excluding hydrogens is 271 g/mol. The molecule has 0 aliphatic carbocycles. The molecule has 2 nitrogen and oxygen atoms in total. The van der Waals surface area contributed by atoms with Crippen molar-refractivity contribution >= 4 is 23.4 Å². The molecule has 0 aliphatic rings. The third-order valence-corrected chi connectivity index (χ3v) is 3.58. The SMILES string of the molecule is Cc1cc(C)nc(SCc2ccc(F)cc2Cl)n1. The van der Waals surface area contributed by atoms with Crippen LogP contribution in [-0.2, 0) is 5.75 Å². The number of nitrogens with zero attached hydrogens (tertiary/aromatic N) is 2. The molecule has 2 rings (SSSR count). The minimum Gasteiger partial charge on any atom is -0.228 e. The van der Waals surface area contributed by atoms with Gasteiger partial charge in [-0.05, 0) is 37.6 Å². The Labute approximate surface area is 115 Å². The second-order valence-electron chi connectivity index (χ2n) is 3.96. The van der Waals surface area contributed by atoms with Crippen molar-refractivity contribution in [2.45, 2.75) is 24.8 Å². The molecular formula is C13H12ClFN2S. The maximum Gasteiger partial charge on any atom is 0.188 e. The van der Waals surface area contributed by atoms with Crippen LogP contribution in [0.15, 0.2) is 29.4 Å². The topological polar surface area (TPSA) is 25.8 Å². The second-order valence-corrected chi connectivity index (χ2v) is 5.31. The number of hydrogen-bond acceptors (Lipinski definition) is 3. The standard InChI is InChI=1S/C13H12ClFN2S/c1-8-5-9(2)17-13(16-8)18-7-10-3-4-11(15)6-12(10)14/h3-6H,7H2,1-2H3. The average molecular weight is 283 g/mol. The van der Waals surface area contributed by atoms with Gasteiger partial charge in [-0.25, -0.2) is 14.4 Å². The third-order valence-electron chi connectivity index (χ3n) is 2.33. The molecule has 1 aromatic heterocycles. The van der Waals surface area contributed by atoms with Gasteiger partial charge in [-0.3, -0.25) is 0 Å². The van der Waals surface area contributed by atoms with Crippen LogP contribution in [0.4, 0.5) is 4.39 Å². The molecule has 0 atom stereocenters. The Balaban J connectivity index is 2.11. The minimum atomic E-state index is -0.323. The van der Waals surface area contributed by atoms with Crippen molar-refractivity contribution in [3.63, 3.8) is 0 Å². The van der Waals surface area contributed by atoms with E-state index in [4.69, 9.17) is 11.6 Å². The highest BCUT2D eigenvalue weighted by Gasteiger charge is 2.05. The lowest BCUT2D eigenvalue weighted by atomic mass is 10.2. The van der Waals surface area contributed by atoms with E-state index in [0.717, 1.165) is 17.0 Å². The maximum absolute atomic E-state index is 12.9. The van der Waals surface area contributed by atoms with E-state index in [1.54, 1.807) is 6.07 Å². The number of thioether (sulfide) groups is 1. The zero-order valence-electron chi connectivity index (χ0n) is 10.1. The van der Waals surface area contributed by atoms with Crippen molar-refractivity contribution in [3.05, 3.63) is 52.1 Å². The number of rotatable bonds is 3. The van der Waals surface area contributed by atoms with Gasteiger partial charge in [0.05, 0.1) is 0 Å². The number of aryl methyl sites for hydroxylation is 2. The van der Waals surface area contributed by atoms with E-state index in [1.807, 2.05) is 19.9 Å². The molecule has 0 fully saturated rings. The Morgan fingerprint density at radius 1 is 1.17 bits per heavy atom. The molecule has 0 saturated carbocycles. The molecule has 5 heteroatoms. The Morgan fingerprint density at radius 3 is 2.44 bits per heavy atom. The molecule has 0 bridgehead atoms. The minimum absolute atomic E-state index is 0.323. The van der Waals surface area contributed by atoms with Crippen LogP contribution in [0.1, 0.15) is 17.0 Å². The van der Waals surface area contributed by atoms with Gasteiger partial charge in [0, 0.05) is 22.2 Å². The van der Waals surface area contributed by atoms with Crippen LogP contribution in [0.5, 0.6) is 0 Å². The first-order valence-corrected chi connectivity index (χ1v) is 6.80. The Bertz CT molecular complexity index is 555. The summed E-state index contributed by atoms with van der Waals surface area (Å²) in [6.45, 7) is 3.87. The van der Waals surface area contributed by atoms with Gasteiger partial charge in [0.15, 0.2) is 5.16 Å². The summed E-state index contributed by atoms with van der Waals surface area (Å²) in [6, 6.07) is 6.34. The van der Waals surface area contributed by atoms with Crippen molar-refractivity contribution in [3.8, 4) is 0 Å². The van der Waals surface area contributed by atoms with E-state index in [2.05, 4.69) is 9.97 Å². The van der Waals surface area contributed by atoms with E-state index in [1.165, 1.54) is 23.9 Å². The monoisotopic (exact) mass is 282 g/mol. The summed E-state index contributed by atoms with van der Waals surface area (Å²) >= 11 is 7.46. The van der Waals surface area contributed by atoms with Gasteiger partial charge in [-0.2, -0.15) is 0 Å². The highest BCUT2D eigenvalue weighted by molar-refractivity contribution is 7.98. The predicted molar refractivity (Wildman–Crippen MR) is 72.5 cm³/mol. The van der Waals surface area contributed by atoms with Gasteiger partial charge in [0.1, 0.15) is 5.82 Å². The molecule has 0 saturated heterocycles. The van der Waals surface area contributed by atoms with Gasteiger partial charge in [0.25, 0.3) is 0 Å². The summed E-state index contributed by atoms with van der Waals surface area (Å²) in [5.74, 6) is 0.304.